The molecular formula is C18H28N2O2. The Balaban J connectivity index is 1.53. The fraction of sp³-hybridized carbons (Fsp3) is 0.611. The third-order valence-corrected chi connectivity index (χ3v) is 4.27. The van der Waals surface area contributed by atoms with Crippen molar-refractivity contribution in [3.8, 4) is 0 Å². The molecule has 4 nitrogen and oxygen atoms in total. The van der Waals surface area contributed by atoms with Crippen LogP contribution in [0.3, 0.4) is 0 Å². The molecule has 0 unspecified atom stereocenters. The summed E-state index contributed by atoms with van der Waals surface area (Å²) in [6.07, 6.45) is 2.47. The van der Waals surface area contributed by atoms with Gasteiger partial charge in [0.1, 0.15) is 0 Å². The first-order valence-electron chi connectivity index (χ1n) is 8.14. The molecule has 1 N–H and O–H groups in total. The highest BCUT2D eigenvalue weighted by molar-refractivity contribution is 5.75. The van der Waals surface area contributed by atoms with Gasteiger partial charge in [-0.3, -0.25) is 4.79 Å². The lowest BCUT2D eigenvalue weighted by molar-refractivity contribution is -0.121. The highest BCUT2D eigenvalue weighted by Gasteiger charge is 2.31. The van der Waals surface area contributed by atoms with Gasteiger partial charge in [-0.15, -0.1) is 0 Å². The summed E-state index contributed by atoms with van der Waals surface area (Å²) in [4.78, 5) is 14.2. The van der Waals surface area contributed by atoms with Crippen LogP contribution in [0.1, 0.15) is 31.7 Å². The minimum atomic E-state index is 0.138. The van der Waals surface area contributed by atoms with E-state index in [1.54, 1.807) is 0 Å². The molecule has 1 fully saturated rings. The zero-order valence-electron chi connectivity index (χ0n) is 13.8. The van der Waals surface area contributed by atoms with E-state index in [0.29, 0.717) is 19.6 Å². The molecule has 1 aliphatic rings. The third-order valence-electron chi connectivity index (χ3n) is 4.27. The molecule has 1 heterocycles. The van der Waals surface area contributed by atoms with Crippen LogP contribution in [0.4, 0.5) is 0 Å². The van der Waals surface area contributed by atoms with E-state index >= 15 is 0 Å². The number of amides is 1. The number of hydrogen-bond acceptors (Lipinski definition) is 3. The first kappa shape index (κ1) is 17.0. The van der Waals surface area contributed by atoms with Crippen molar-refractivity contribution in [3.63, 3.8) is 0 Å². The van der Waals surface area contributed by atoms with E-state index in [1.807, 2.05) is 30.3 Å². The number of nitrogens with one attached hydrogen (secondary N) is 1. The normalized spacial score (nSPS) is 21.9. The maximum Gasteiger partial charge on any atom is 0.220 e. The lowest BCUT2D eigenvalue weighted by atomic mass is 9.90. The van der Waals surface area contributed by atoms with Crippen LogP contribution in [-0.4, -0.2) is 44.1 Å². The Bertz CT molecular complexity index is 463. The van der Waals surface area contributed by atoms with Gasteiger partial charge in [-0.1, -0.05) is 37.3 Å². The predicted molar refractivity (Wildman–Crippen MR) is 88.6 cm³/mol. The summed E-state index contributed by atoms with van der Waals surface area (Å²) in [6.45, 7) is 6.46. The lowest BCUT2D eigenvalue weighted by Crippen LogP contribution is -2.37. The molecule has 0 saturated carbocycles. The number of carbonyl (C=O) groups is 1. The average Bonchev–Trinajstić information content (AvgIpc) is 2.86. The van der Waals surface area contributed by atoms with Crippen LogP contribution in [0.2, 0.25) is 0 Å². The van der Waals surface area contributed by atoms with Crippen molar-refractivity contribution in [2.75, 3.05) is 33.3 Å². The molecule has 22 heavy (non-hydrogen) atoms. The summed E-state index contributed by atoms with van der Waals surface area (Å²) in [6, 6.07) is 10.1. The SMILES string of the molecule is CN1CC[C@](C)(CNC(=O)CCCOCc2ccccc2)C1. The number of carbonyl (C=O) groups excluding carboxylic acids is 1. The third kappa shape index (κ3) is 5.78. The van der Waals surface area contributed by atoms with Crippen molar-refractivity contribution in [2.45, 2.75) is 32.8 Å². The number of nitrogens with zero attached hydrogens (tertiary/aromatic N) is 1. The number of hydrogen-bond donors (Lipinski definition) is 1. The largest absolute Gasteiger partial charge is 0.377 e. The summed E-state index contributed by atoms with van der Waals surface area (Å²) in [5.41, 5.74) is 1.40. The van der Waals surface area contributed by atoms with Gasteiger partial charge >= 0.3 is 0 Å². The molecular weight excluding hydrogens is 276 g/mol. The average molecular weight is 304 g/mol. The molecule has 4 heteroatoms. The van der Waals surface area contributed by atoms with Crippen LogP contribution in [0.15, 0.2) is 30.3 Å². The zero-order chi connectivity index (χ0) is 15.8. The van der Waals surface area contributed by atoms with E-state index in [2.05, 4.69) is 24.2 Å². The molecule has 122 valence electrons. The second kappa shape index (κ2) is 8.30. The number of ether oxygens (including phenoxy) is 1. The number of rotatable bonds is 8. The maximum atomic E-state index is 11.9. The maximum absolute atomic E-state index is 11.9. The fourth-order valence-corrected chi connectivity index (χ4v) is 2.91. The van der Waals surface area contributed by atoms with Gasteiger partial charge in [-0.05, 0) is 37.4 Å². The van der Waals surface area contributed by atoms with Gasteiger partial charge in [-0.25, -0.2) is 0 Å². The van der Waals surface area contributed by atoms with Crippen molar-refractivity contribution in [2.24, 2.45) is 5.41 Å². The summed E-state index contributed by atoms with van der Waals surface area (Å²) >= 11 is 0. The first-order chi connectivity index (χ1) is 10.6. The smallest absolute Gasteiger partial charge is 0.220 e. The Morgan fingerprint density at radius 1 is 1.36 bits per heavy atom. The van der Waals surface area contributed by atoms with Gasteiger partial charge in [0.05, 0.1) is 6.61 Å². The van der Waals surface area contributed by atoms with Crippen molar-refractivity contribution < 1.29 is 9.53 Å². The van der Waals surface area contributed by atoms with Crippen molar-refractivity contribution in [1.82, 2.24) is 10.2 Å². The highest BCUT2D eigenvalue weighted by Crippen LogP contribution is 2.27. The van der Waals surface area contributed by atoms with Gasteiger partial charge < -0.3 is 15.0 Å². The Morgan fingerprint density at radius 2 is 2.14 bits per heavy atom. The molecule has 0 radical (unpaired) electrons. The van der Waals surface area contributed by atoms with Crippen LogP contribution in [0, 0.1) is 5.41 Å². The quantitative estimate of drug-likeness (QED) is 0.750. The fourth-order valence-electron chi connectivity index (χ4n) is 2.91. The van der Waals surface area contributed by atoms with E-state index < -0.39 is 0 Å². The Morgan fingerprint density at radius 3 is 2.82 bits per heavy atom. The van der Waals surface area contributed by atoms with Crippen molar-refractivity contribution >= 4 is 5.91 Å². The lowest BCUT2D eigenvalue weighted by Gasteiger charge is -2.24. The van der Waals surface area contributed by atoms with Gasteiger partial charge in [0, 0.05) is 26.1 Å². The molecule has 1 amide bonds. The summed E-state index contributed by atoms with van der Waals surface area (Å²) in [7, 11) is 2.14. The second-order valence-electron chi connectivity index (χ2n) is 6.72. The van der Waals surface area contributed by atoms with Crippen molar-refractivity contribution in [1.29, 1.82) is 0 Å². The van der Waals surface area contributed by atoms with Gasteiger partial charge in [0.2, 0.25) is 5.91 Å². The summed E-state index contributed by atoms with van der Waals surface area (Å²) in [5, 5.41) is 3.07. The van der Waals surface area contributed by atoms with E-state index in [4.69, 9.17) is 4.74 Å². The molecule has 1 saturated heterocycles. The predicted octanol–water partition coefficient (Wildman–Crippen LogP) is 2.44. The molecule has 0 aliphatic carbocycles. The molecule has 1 aliphatic heterocycles. The number of likely N-dealkylation sites (tertiary alicyclic amines) is 1. The summed E-state index contributed by atoms with van der Waals surface area (Å²) in [5.74, 6) is 0.138. The topological polar surface area (TPSA) is 41.6 Å². The highest BCUT2D eigenvalue weighted by atomic mass is 16.5. The molecule has 1 aromatic rings. The monoisotopic (exact) mass is 304 g/mol. The van der Waals surface area contributed by atoms with E-state index in [0.717, 1.165) is 32.5 Å². The minimum Gasteiger partial charge on any atom is -0.377 e. The molecule has 0 aromatic heterocycles. The zero-order valence-corrected chi connectivity index (χ0v) is 13.8. The Hall–Kier alpha value is -1.39. The second-order valence-corrected chi connectivity index (χ2v) is 6.72. The van der Waals surface area contributed by atoms with Crippen molar-refractivity contribution in [3.05, 3.63) is 35.9 Å². The van der Waals surface area contributed by atoms with E-state index in [1.165, 1.54) is 5.56 Å². The van der Waals surface area contributed by atoms with E-state index in [-0.39, 0.29) is 11.3 Å². The summed E-state index contributed by atoms with van der Waals surface area (Å²) < 4.78 is 5.60. The Labute approximate surface area is 133 Å². The molecule has 2 rings (SSSR count). The molecule has 0 spiro atoms. The van der Waals surface area contributed by atoms with Gasteiger partial charge in [-0.2, -0.15) is 0 Å². The molecule has 1 aromatic carbocycles. The van der Waals surface area contributed by atoms with Crippen LogP contribution < -0.4 is 5.32 Å². The van der Waals surface area contributed by atoms with E-state index in [9.17, 15) is 4.79 Å². The molecule has 0 bridgehead atoms. The van der Waals surface area contributed by atoms with Crippen LogP contribution in [0.25, 0.3) is 0 Å². The Kier molecular flexibility index (Phi) is 6.40. The van der Waals surface area contributed by atoms with Crippen LogP contribution in [-0.2, 0) is 16.1 Å². The van der Waals surface area contributed by atoms with Crippen LogP contribution in [0.5, 0.6) is 0 Å². The van der Waals surface area contributed by atoms with Crippen LogP contribution >= 0.6 is 0 Å². The van der Waals surface area contributed by atoms with Gasteiger partial charge in [0.25, 0.3) is 0 Å². The standard InChI is InChI=1S/C18H28N2O2/c1-18(10-11-20(2)15-18)14-19-17(21)9-6-12-22-13-16-7-4-3-5-8-16/h3-5,7-8H,6,9-15H2,1-2H3,(H,19,21)/t18-/m1/s1. The first-order valence-corrected chi connectivity index (χ1v) is 8.14. The molecule has 1 atom stereocenters. The number of benzene rings is 1. The minimum absolute atomic E-state index is 0.138. The van der Waals surface area contributed by atoms with Gasteiger partial charge in [0.15, 0.2) is 0 Å².